The fourth-order valence-corrected chi connectivity index (χ4v) is 4.42. The maximum absolute atomic E-state index is 14.0. The van der Waals surface area contributed by atoms with Gasteiger partial charge >= 0.3 is 0 Å². The molecule has 150 valence electrons. The standard InChI is InChI=1S/C24H31FN2O/c1-17(15-18-9-3-2-4-10-18)26-16-19-11-5-8-14-22(19)27-24-23(28-24)20-12-6-7-13-21(20)25/h5-8,11-14,17-18,23-24,26-27H,2-4,9-10,15-16H2,1H3. The highest BCUT2D eigenvalue weighted by Gasteiger charge is 2.42. The number of epoxide rings is 1. The predicted octanol–water partition coefficient (Wildman–Crippen LogP) is 5.78. The summed E-state index contributed by atoms with van der Waals surface area (Å²) in [6, 6.07) is 15.7. The molecule has 0 amide bonds. The molecule has 1 saturated carbocycles. The van der Waals surface area contributed by atoms with E-state index in [-0.39, 0.29) is 18.1 Å². The number of para-hydroxylation sites is 1. The molecule has 2 N–H and O–H groups in total. The quantitative estimate of drug-likeness (QED) is 0.568. The minimum absolute atomic E-state index is 0.169. The number of nitrogens with one attached hydrogen (secondary N) is 2. The van der Waals surface area contributed by atoms with E-state index in [2.05, 4.69) is 35.8 Å². The molecule has 4 rings (SSSR count). The van der Waals surface area contributed by atoms with Crippen LogP contribution in [0.3, 0.4) is 0 Å². The largest absolute Gasteiger partial charge is 0.357 e. The van der Waals surface area contributed by atoms with Crippen LogP contribution in [-0.2, 0) is 11.3 Å². The lowest BCUT2D eigenvalue weighted by molar-refractivity contribution is 0.304. The topological polar surface area (TPSA) is 36.6 Å². The van der Waals surface area contributed by atoms with Gasteiger partial charge in [-0.3, -0.25) is 0 Å². The summed E-state index contributed by atoms with van der Waals surface area (Å²) < 4.78 is 19.7. The highest BCUT2D eigenvalue weighted by atomic mass is 19.1. The molecule has 1 aliphatic carbocycles. The van der Waals surface area contributed by atoms with Crippen molar-refractivity contribution in [2.24, 2.45) is 5.92 Å². The van der Waals surface area contributed by atoms with Crippen LogP contribution >= 0.6 is 0 Å². The number of rotatable bonds is 8. The molecule has 28 heavy (non-hydrogen) atoms. The zero-order valence-corrected chi connectivity index (χ0v) is 16.7. The molecule has 0 bridgehead atoms. The van der Waals surface area contributed by atoms with E-state index in [0.29, 0.717) is 11.6 Å². The van der Waals surface area contributed by atoms with Crippen molar-refractivity contribution in [1.29, 1.82) is 0 Å². The van der Waals surface area contributed by atoms with Gasteiger partial charge in [0, 0.05) is 23.8 Å². The third-order valence-electron chi connectivity index (χ3n) is 6.07. The molecule has 3 nitrogen and oxygen atoms in total. The number of anilines is 1. The van der Waals surface area contributed by atoms with Crippen molar-refractivity contribution < 1.29 is 9.13 Å². The summed E-state index contributed by atoms with van der Waals surface area (Å²) in [4.78, 5) is 0. The molecule has 1 aliphatic heterocycles. The zero-order chi connectivity index (χ0) is 19.3. The van der Waals surface area contributed by atoms with Gasteiger partial charge in [-0.15, -0.1) is 0 Å². The van der Waals surface area contributed by atoms with Crippen LogP contribution in [-0.4, -0.2) is 12.3 Å². The van der Waals surface area contributed by atoms with Crippen molar-refractivity contribution in [3.63, 3.8) is 0 Å². The maximum Gasteiger partial charge on any atom is 0.159 e. The molecule has 2 fully saturated rings. The monoisotopic (exact) mass is 382 g/mol. The van der Waals surface area contributed by atoms with Crippen LogP contribution in [0.2, 0.25) is 0 Å². The van der Waals surface area contributed by atoms with E-state index in [1.165, 1.54) is 50.2 Å². The molecule has 0 aromatic heterocycles. The molecule has 3 atom stereocenters. The van der Waals surface area contributed by atoms with Crippen LogP contribution in [0, 0.1) is 11.7 Å². The van der Waals surface area contributed by atoms with E-state index in [1.54, 1.807) is 12.1 Å². The van der Waals surface area contributed by atoms with E-state index in [0.717, 1.165) is 18.2 Å². The van der Waals surface area contributed by atoms with Crippen LogP contribution in [0.25, 0.3) is 0 Å². The Morgan fingerprint density at radius 3 is 2.61 bits per heavy atom. The summed E-state index contributed by atoms with van der Waals surface area (Å²) in [6.07, 6.45) is 7.86. The second kappa shape index (κ2) is 9.06. The number of benzene rings is 2. The first-order valence-electron chi connectivity index (χ1n) is 10.7. The Bertz CT molecular complexity index is 775. The molecule has 4 heteroatoms. The molecular weight excluding hydrogens is 351 g/mol. The Kier molecular flexibility index (Phi) is 6.28. The lowest BCUT2D eigenvalue weighted by Gasteiger charge is -2.25. The number of hydrogen-bond acceptors (Lipinski definition) is 3. The molecule has 2 aromatic carbocycles. The Balaban J connectivity index is 1.31. The van der Waals surface area contributed by atoms with Gasteiger partial charge in [-0.05, 0) is 37.0 Å². The maximum atomic E-state index is 14.0. The van der Waals surface area contributed by atoms with Crippen LogP contribution in [0.15, 0.2) is 48.5 Å². The van der Waals surface area contributed by atoms with Crippen LogP contribution < -0.4 is 10.6 Å². The van der Waals surface area contributed by atoms with Gasteiger partial charge in [-0.2, -0.15) is 0 Å². The minimum atomic E-state index is -0.215. The van der Waals surface area contributed by atoms with E-state index in [1.807, 2.05) is 12.1 Å². The van der Waals surface area contributed by atoms with Crippen molar-refractivity contribution in [2.45, 2.75) is 70.4 Å². The van der Waals surface area contributed by atoms with Gasteiger partial charge in [0.2, 0.25) is 0 Å². The number of ether oxygens (including phenoxy) is 1. The highest BCUT2D eigenvalue weighted by molar-refractivity contribution is 5.52. The normalized spacial score (nSPS) is 23.4. The highest BCUT2D eigenvalue weighted by Crippen LogP contribution is 2.40. The molecule has 0 spiro atoms. The second-order valence-corrected chi connectivity index (χ2v) is 8.32. The van der Waals surface area contributed by atoms with Gasteiger partial charge < -0.3 is 15.4 Å². The Hall–Kier alpha value is -1.91. The van der Waals surface area contributed by atoms with Gasteiger partial charge in [-0.1, -0.05) is 68.5 Å². The number of halogens is 1. The van der Waals surface area contributed by atoms with Crippen molar-refractivity contribution in [3.8, 4) is 0 Å². The molecule has 2 aliphatic rings. The summed E-state index contributed by atoms with van der Waals surface area (Å²) in [5.74, 6) is 0.675. The molecule has 3 unspecified atom stereocenters. The lowest BCUT2D eigenvalue weighted by Crippen LogP contribution is -2.29. The predicted molar refractivity (Wildman–Crippen MR) is 112 cm³/mol. The van der Waals surface area contributed by atoms with Crippen molar-refractivity contribution in [2.75, 3.05) is 5.32 Å². The average Bonchev–Trinajstić information content (AvgIpc) is 3.47. The second-order valence-electron chi connectivity index (χ2n) is 8.32. The minimum Gasteiger partial charge on any atom is -0.357 e. The van der Waals surface area contributed by atoms with Crippen molar-refractivity contribution >= 4 is 5.69 Å². The van der Waals surface area contributed by atoms with Crippen LogP contribution in [0.5, 0.6) is 0 Å². The zero-order valence-electron chi connectivity index (χ0n) is 16.7. The molecule has 1 heterocycles. The first kappa shape index (κ1) is 19.4. The fraction of sp³-hybridized carbons (Fsp3) is 0.500. The third-order valence-corrected chi connectivity index (χ3v) is 6.07. The smallest absolute Gasteiger partial charge is 0.159 e. The number of hydrogen-bond donors (Lipinski definition) is 2. The molecular formula is C24H31FN2O. The van der Waals surface area contributed by atoms with Crippen molar-refractivity contribution in [1.82, 2.24) is 5.32 Å². The molecule has 0 radical (unpaired) electrons. The third kappa shape index (κ3) is 4.92. The van der Waals surface area contributed by atoms with Gasteiger partial charge in [0.15, 0.2) is 6.23 Å². The average molecular weight is 383 g/mol. The first-order chi connectivity index (χ1) is 13.7. The van der Waals surface area contributed by atoms with Gasteiger partial charge in [0.1, 0.15) is 11.9 Å². The lowest BCUT2D eigenvalue weighted by atomic mass is 9.85. The van der Waals surface area contributed by atoms with Crippen molar-refractivity contribution in [3.05, 3.63) is 65.5 Å². The van der Waals surface area contributed by atoms with E-state index in [4.69, 9.17) is 4.74 Å². The van der Waals surface area contributed by atoms with Gasteiger partial charge in [0.25, 0.3) is 0 Å². The summed E-state index contributed by atoms with van der Waals surface area (Å²) in [7, 11) is 0. The molecule has 1 saturated heterocycles. The summed E-state index contributed by atoms with van der Waals surface area (Å²) in [6.45, 7) is 3.12. The van der Waals surface area contributed by atoms with E-state index in [9.17, 15) is 4.39 Å². The summed E-state index contributed by atoms with van der Waals surface area (Å²) in [5, 5.41) is 7.13. The fourth-order valence-electron chi connectivity index (χ4n) is 4.42. The summed E-state index contributed by atoms with van der Waals surface area (Å²) >= 11 is 0. The van der Waals surface area contributed by atoms with E-state index >= 15 is 0 Å². The van der Waals surface area contributed by atoms with E-state index < -0.39 is 0 Å². The SMILES string of the molecule is CC(CC1CCCCC1)NCc1ccccc1NC1OC1c1ccccc1F. The van der Waals surface area contributed by atoms with Gasteiger partial charge in [0.05, 0.1) is 0 Å². The Morgan fingerprint density at radius 1 is 1.04 bits per heavy atom. The first-order valence-corrected chi connectivity index (χ1v) is 10.7. The Labute approximate surface area is 167 Å². The Morgan fingerprint density at radius 2 is 1.79 bits per heavy atom. The van der Waals surface area contributed by atoms with Crippen LogP contribution in [0.1, 0.15) is 62.7 Å². The molecule has 2 aromatic rings. The van der Waals surface area contributed by atoms with Crippen LogP contribution in [0.4, 0.5) is 10.1 Å². The van der Waals surface area contributed by atoms with Gasteiger partial charge in [-0.25, -0.2) is 4.39 Å². The summed E-state index contributed by atoms with van der Waals surface area (Å²) in [5.41, 5.74) is 2.90.